The van der Waals surface area contributed by atoms with Crippen molar-refractivity contribution in [1.29, 1.82) is 0 Å². The van der Waals surface area contributed by atoms with E-state index in [0.29, 0.717) is 19.0 Å². The summed E-state index contributed by atoms with van der Waals surface area (Å²) in [5.74, 6) is 1.56. The fourth-order valence-electron chi connectivity index (χ4n) is 3.34. The van der Waals surface area contributed by atoms with E-state index in [1.54, 1.807) is 17.8 Å². The number of rotatable bonds is 10. The van der Waals surface area contributed by atoms with Gasteiger partial charge in [-0.3, -0.25) is 4.68 Å². The molecule has 1 aromatic carbocycles. The zero-order valence-corrected chi connectivity index (χ0v) is 18.6. The van der Waals surface area contributed by atoms with Gasteiger partial charge in [-0.15, -0.1) is 0 Å². The highest BCUT2D eigenvalue weighted by Gasteiger charge is 2.25. The highest BCUT2D eigenvalue weighted by molar-refractivity contribution is 5.79. The van der Waals surface area contributed by atoms with Crippen molar-refractivity contribution in [2.75, 3.05) is 13.1 Å². The van der Waals surface area contributed by atoms with Crippen LogP contribution in [0.4, 0.5) is 0 Å². The number of imidazole rings is 1. The van der Waals surface area contributed by atoms with Gasteiger partial charge < -0.3 is 20.3 Å². The maximum absolute atomic E-state index is 10.8. The van der Waals surface area contributed by atoms with Gasteiger partial charge in [-0.2, -0.15) is 5.10 Å². The molecule has 3 rings (SSSR count). The van der Waals surface area contributed by atoms with E-state index in [1.165, 1.54) is 5.56 Å². The molecule has 2 aromatic heterocycles. The zero-order chi connectivity index (χ0) is 22.1. The molecule has 0 radical (unpaired) electrons. The summed E-state index contributed by atoms with van der Waals surface area (Å²) in [6.45, 7) is 6.19. The van der Waals surface area contributed by atoms with E-state index >= 15 is 0 Å². The molecule has 8 heteroatoms. The predicted octanol–water partition coefficient (Wildman–Crippen LogP) is 2.21. The molecule has 0 saturated heterocycles. The minimum atomic E-state index is -1.06. The van der Waals surface area contributed by atoms with Gasteiger partial charge in [-0.1, -0.05) is 30.3 Å². The Morgan fingerprint density at radius 2 is 2.03 bits per heavy atom. The molecule has 3 N–H and O–H groups in total. The third kappa shape index (κ3) is 6.68. The van der Waals surface area contributed by atoms with Crippen molar-refractivity contribution in [2.45, 2.75) is 45.4 Å². The lowest BCUT2D eigenvalue weighted by atomic mass is 10.00. The van der Waals surface area contributed by atoms with Crippen molar-refractivity contribution in [3.05, 3.63) is 72.1 Å². The van der Waals surface area contributed by atoms with Crippen LogP contribution in [0.25, 0.3) is 0 Å². The summed E-state index contributed by atoms with van der Waals surface area (Å²) in [5, 5.41) is 21.4. The van der Waals surface area contributed by atoms with Crippen LogP contribution in [0.1, 0.15) is 37.2 Å². The van der Waals surface area contributed by atoms with E-state index in [-0.39, 0.29) is 0 Å². The number of benzene rings is 1. The van der Waals surface area contributed by atoms with Gasteiger partial charge in [0.2, 0.25) is 0 Å². The van der Waals surface area contributed by atoms with Gasteiger partial charge in [0.25, 0.3) is 0 Å². The van der Waals surface area contributed by atoms with E-state index in [2.05, 4.69) is 54.5 Å². The Morgan fingerprint density at radius 1 is 1.23 bits per heavy atom. The lowest BCUT2D eigenvalue weighted by molar-refractivity contribution is 0.0616. The quantitative estimate of drug-likeness (QED) is 0.343. The summed E-state index contributed by atoms with van der Waals surface area (Å²) in [6, 6.07) is 10.5. The van der Waals surface area contributed by atoms with Gasteiger partial charge in [-0.05, 0) is 32.3 Å². The number of hydrogen-bond donors (Lipinski definition) is 3. The minimum Gasteiger partial charge on any atom is -0.383 e. The average molecular weight is 424 g/mol. The molecule has 0 aliphatic rings. The molecular weight excluding hydrogens is 390 g/mol. The van der Waals surface area contributed by atoms with Crippen LogP contribution >= 0.6 is 0 Å². The minimum absolute atomic E-state index is 0.316. The first-order chi connectivity index (χ1) is 15.0. The molecule has 0 aliphatic heterocycles. The Balaban J connectivity index is 1.56. The van der Waals surface area contributed by atoms with Crippen molar-refractivity contribution < 1.29 is 5.11 Å². The van der Waals surface area contributed by atoms with Crippen LogP contribution in [0, 0.1) is 0 Å². The third-order valence-electron chi connectivity index (χ3n) is 5.16. The van der Waals surface area contributed by atoms with Crippen molar-refractivity contribution in [2.24, 2.45) is 12.0 Å². The molecule has 31 heavy (non-hydrogen) atoms. The number of guanidine groups is 1. The second kappa shape index (κ2) is 10.8. The Kier molecular flexibility index (Phi) is 7.83. The summed E-state index contributed by atoms with van der Waals surface area (Å²) in [5.41, 5.74) is 1.05. The molecule has 3 aromatic rings. The normalized spacial score (nSPS) is 13.7. The molecule has 0 spiro atoms. The van der Waals surface area contributed by atoms with Crippen LogP contribution in [-0.4, -0.2) is 43.5 Å². The average Bonchev–Trinajstić information content (AvgIpc) is 3.40. The smallest absolute Gasteiger partial charge is 0.191 e. The molecule has 8 nitrogen and oxygen atoms in total. The van der Waals surface area contributed by atoms with Gasteiger partial charge in [0.1, 0.15) is 18.0 Å². The second-order valence-corrected chi connectivity index (χ2v) is 7.85. The highest BCUT2D eigenvalue weighted by Crippen LogP contribution is 2.18. The topological polar surface area (TPSA) is 92.3 Å². The van der Waals surface area contributed by atoms with Gasteiger partial charge in [0.05, 0.1) is 12.7 Å². The largest absolute Gasteiger partial charge is 0.383 e. The standard InChI is InChI=1S/C23H33N7O/c1-4-24-22(27-18-23(2,31)20-15-28-29(3)17-20)26-16-21-25-12-14-30(21)13-8-11-19-9-6-5-7-10-19/h5-7,9-10,12,14-15,17,31H,4,8,11,13,16,18H2,1-3H3,(H2,24,26,27). The zero-order valence-electron chi connectivity index (χ0n) is 18.6. The van der Waals surface area contributed by atoms with E-state index < -0.39 is 5.60 Å². The third-order valence-corrected chi connectivity index (χ3v) is 5.16. The molecule has 0 bridgehead atoms. The summed E-state index contributed by atoms with van der Waals surface area (Å²) in [6.07, 6.45) is 9.40. The van der Waals surface area contributed by atoms with Gasteiger partial charge in [0.15, 0.2) is 5.96 Å². The van der Waals surface area contributed by atoms with Gasteiger partial charge in [-0.25, -0.2) is 9.98 Å². The van der Waals surface area contributed by atoms with Crippen LogP contribution in [0.5, 0.6) is 0 Å². The molecule has 0 fully saturated rings. The van der Waals surface area contributed by atoms with E-state index in [1.807, 2.05) is 38.6 Å². The van der Waals surface area contributed by atoms with Gasteiger partial charge in [0, 0.05) is 44.3 Å². The van der Waals surface area contributed by atoms with Crippen LogP contribution in [0.3, 0.4) is 0 Å². The number of nitrogens with one attached hydrogen (secondary N) is 2. The maximum Gasteiger partial charge on any atom is 0.191 e. The number of aryl methyl sites for hydroxylation is 3. The van der Waals surface area contributed by atoms with E-state index in [0.717, 1.165) is 37.3 Å². The fourth-order valence-corrected chi connectivity index (χ4v) is 3.34. The highest BCUT2D eigenvalue weighted by atomic mass is 16.3. The van der Waals surface area contributed by atoms with Gasteiger partial charge >= 0.3 is 0 Å². The first-order valence-electron chi connectivity index (χ1n) is 10.8. The maximum atomic E-state index is 10.8. The number of aliphatic imine (C=N–C) groups is 1. The molecule has 0 saturated carbocycles. The number of aromatic nitrogens is 4. The molecule has 0 aliphatic carbocycles. The fraction of sp³-hybridized carbons (Fsp3) is 0.435. The Bertz CT molecular complexity index is 959. The van der Waals surface area contributed by atoms with Crippen LogP contribution in [0.2, 0.25) is 0 Å². The Hall–Kier alpha value is -3.13. The summed E-state index contributed by atoms with van der Waals surface area (Å²) >= 11 is 0. The Morgan fingerprint density at radius 3 is 2.74 bits per heavy atom. The lowest BCUT2D eigenvalue weighted by Crippen LogP contribution is -2.44. The molecule has 1 unspecified atom stereocenters. The van der Waals surface area contributed by atoms with E-state index in [4.69, 9.17) is 0 Å². The molecule has 166 valence electrons. The van der Waals surface area contributed by atoms with Crippen molar-refractivity contribution in [3.63, 3.8) is 0 Å². The van der Waals surface area contributed by atoms with Crippen molar-refractivity contribution in [1.82, 2.24) is 30.0 Å². The lowest BCUT2D eigenvalue weighted by Gasteiger charge is -2.23. The molecular formula is C23H33N7O. The van der Waals surface area contributed by atoms with Crippen molar-refractivity contribution in [3.8, 4) is 0 Å². The second-order valence-electron chi connectivity index (χ2n) is 7.85. The first kappa shape index (κ1) is 22.6. The number of hydrogen-bond acceptors (Lipinski definition) is 4. The monoisotopic (exact) mass is 423 g/mol. The Labute approximate surface area is 184 Å². The van der Waals surface area contributed by atoms with Crippen molar-refractivity contribution >= 4 is 5.96 Å². The summed E-state index contributed by atoms with van der Waals surface area (Å²) in [4.78, 5) is 9.14. The van der Waals surface area contributed by atoms with Crippen LogP contribution < -0.4 is 10.6 Å². The van der Waals surface area contributed by atoms with E-state index in [9.17, 15) is 5.11 Å². The summed E-state index contributed by atoms with van der Waals surface area (Å²) < 4.78 is 3.84. The number of nitrogens with zero attached hydrogens (tertiary/aromatic N) is 5. The predicted molar refractivity (Wildman–Crippen MR) is 123 cm³/mol. The van der Waals surface area contributed by atoms with Crippen LogP contribution in [0.15, 0.2) is 60.1 Å². The number of aliphatic hydroxyl groups is 1. The van der Waals surface area contributed by atoms with Crippen LogP contribution in [-0.2, 0) is 32.2 Å². The SMILES string of the molecule is CCNC(=NCc1nccn1CCCc1ccccc1)NCC(C)(O)c1cnn(C)c1. The summed E-state index contributed by atoms with van der Waals surface area (Å²) in [7, 11) is 1.83. The molecule has 2 heterocycles. The molecule has 1 atom stereocenters. The molecule has 0 amide bonds. The first-order valence-corrected chi connectivity index (χ1v) is 10.8.